The van der Waals surface area contributed by atoms with Gasteiger partial charge in [-0.25, -0.2) is 4.98 Å². The average Bonchev–Trinajstić information content (AvgIpc) is 3.18. The van der Waals surface area contributed by atoms with Crippen molar-refractivity contribution in [2.24, 2.45) is 0 Å². The number of fused-ring (bicyclic) bond motifs is 1. The van der Waals surface area contributed by atoms with Gasteiger partial charge >= 0.3 is 0 Å². The number of rotatable bonds is 5. The number of nitrogens with one attached hydrogen (secondary N) is 1. The minimum Gasteiger partial charge on any atom is -0.344 e. The second-order valence-corrected chi connectivity index (χ2v) is 7.63. The van der Waals surface area contributed by atoms with Crippen molar-refractivity contribution in [3.05, 3.63) is 89.0 Å². The Morgan fingerprint density at radius 1 is 1.18 bits per heavy atom. The van der Waals surface area contributed by atoms with Crippen molar-refractivity contribution < 1.29 is 4.79 Å². The summed E-state index contributed by atoms with van der Waals surface area (Å²) in [5.74, 6) is 1.38. The predicted molar refractivity (Wildman–Crippen MR) is 111 cm³/mol. The van der Waals surface area contributed by atoms with Crippen LogP contribution in [0, 0.1) is 0 Å². The van der Waals surface area contributed by atoms with Crippen LogP contribution in [0.15, 0.2) is 60.8 Å². The maximum atomic E-state index is 12.7. The molecular weight excluding hydrogens is 346 g/mol. The highest BCUT2D eigenvalue weighted by molar-refractivity contribution is 5.92. The van der Waals surface area contributed by atoms with E-state index >= 15 is 0 Å². The zero-order valence-electron chi connectivity index (χ0n) is 16.6. The molecule has 0 radical (unpaired) electrons. The largest absolute Gasteiger partial charge is 0.344 e. The van der Waals surface area contributed by atoms with Gasteiger partial charge in [-0.3, -0.25) is 4.79 Å². The third-order valence-electron chi connectivity index (χ3n) is 5.73. The van der Waals surface area contributed by atoms with Crippen molar-refractivity contribution >= 4 is 5.91 Å². The number of nitrogens with zero attached hydrogens (tertiary/aromatic N) is 2. The fourth-order valence-electron chi connectivity index (χ4n) is 3.95. The number of aryl methyl sites for hydroxylation is 2. The molecule has 144 valence electrons. The summed E-state index contributed by atoms with van der Waals surface area (Å²) in [4.78, 5) is 17.3. The molecule has 1 aliphatic heterocycles. The zero-order valence-corrected chi connectivity index (χ0v) is 16.6. The lowest BCUT2D eigenvalue weighted by atomic mass is 9.91. The molecular formula is C24H27N3O. The van der Waals surface area contributed by atoms with Gasteiger partial charge in [0.2, 0.25) is 0 Å². The van der Waals surface area contributed by atoms with Crippen LogP contribution in [0.2, 0.25) is 0 Å². The molecule has 2 atom stereocenters. The molecule has 0 spiro atoms. The Hall–Kier alpha value is -2.88. The van der Waals surface area contributed by atoms with E-state index < -0.39 is 0 Å². The van der Waals surface area contributed by atoms with Gasteiger partial charge in [-0.15, -0.1) is 0 Å². The Labute approximate surface area is 166 Å². The number of benzene rings is 2. The minimum absolute atomic E-state index is 0.0442. The van der Waals surface area contributed by atoms with Crippen LogP contribution < -0.4 is 5.32 Å². The van der Waals surface area contributed by atoms with E-state index in [0.717, 1.165) is 37.2 Å². The topological polar surface area (TPSA) is 46.9 Å². The summed E-state index contributed by atoms with van der Waals surface area (Å²) in [5, 5.41) is 3.06. The highest BCUT2D eigenvalue weighted by Gasteiger charge is 2.24. The molecule has 4 rings (SSSR count). The first-order chi connectivity index (χ1) is 13.6. The summed E-state index contributed by atoms with van der Waals surface area (Å²) in [6.45, 7) is 5.06. The second kappa shape index (κ2) is 8.01. The first-order valence-electron chi connectivity index (χ1n) is 10.1. The molecule has 1 N–H and O–H groups in total. The molecule has 1 aromatic heterocycles. The normalized spacial score (nSPS) is 17.0. The molecule has 0 bridgehead atoms. The molecule has 3 aromatic rings. The highest BCUT2D eigenvalue weighted by Crippen LogP contribution is 2.29. The minimum atomic E-state index is -0.109. The van der Waals surface area contributed by atoms with Crippen molar-refractivity contribution in [3.63, 3.8) is 0 Å². The number of aromatic nitrogens is 2. The van der Waals surface area contributed by atoms with Gasteiger partial charge in [-0.05, 0) is 36.5 Å². The summed E-state index contributed by atoms with van der Waals surface area (Å²) in [5.41, 5.74) is 4.35. The van der Waals surface area contributed by atoms with Crippen LogP contribution >= 0.6 is 0 Å². The number of hydrogen-bond acceptors (Lipinski definition) is 2. The Balaban J connectivity index is 1.45. The third-order valence-corrected chi connectivity index (χ3v) is 5.73. The van der Waals surface area contributed by atoms with E-state index in [4.69, 9.17) is 0 Å². The molecule has 0 saturated heterocycles. The Morgan fingerprint density at radius 3 is 2.64 bits per heavy atom. The Bertz CT molecular complexity index is 944. The van der Waals surface area contributed by atoms with Crippen LogP contribution in [0.3, 0.4) is 0 Å². The maximum Gasteiger partial charge on any atom is 0.271 e. The van der Waals surface area contributed by atoms with Gasteiger partial charge < -0.3 is 9.88 Å². The van der Waals surface area contributed by atoms with Crippen LogP contribution in [0.25, 0.3) is 0 Å². The van der Waals surface area contributed by atoms with Gasteiger partial charge in [0, 0.05) is 25.1 Å². The molecule has 4 heteroatoms. The van der Waals surface area contributed by atoms with Gasteiger partial charge in [0.05, 0.1) is 6.04 Å². The molecule has 0 saturated carbocycles. The molecule has 2 heterocycles. The molecule has 2 unspecified atom stereocenters. The standard InChI is InChI=1S/C24H27N3O/c1-3-18-9-11-20(12-10-18)21-13-14-23-26-22(16-27(23)15-21)24(28)25-17(2)19-7-5-4-6-8-19/h4-12,16-17,21H,3,13-15H2,1-2H3,(H,25,28). The zero-order chi connectivity index (χ0) is 19.5. The summed E-state index contributed by atoms with van der Waals surface area (Å²) in [6.07, 6.45) is 4.96. The monoisotopic (exact) mass is 373 g/mol. The van der Waals surface area contributed by atoms with Crippen molar-refractivity contribution in [1.82, 2.24) is 14.9 Å². The van der Waals surface area contributed by atoms with Crippen LogP contribution in [-0.4, -0.2) is 15.5 Å². The first-order valence-corrected chi connectivity index (χ1v) is 10.1. The SMILES string of the molecule is CCc1ccc(C2CCc3nc(C(=O)NC(C)c4ccccc4)cn3C2)cc1. The van der Waals surface area contributed by atoms with Gasteiger partial charge in [0.1, 0.15) is 11.5 Å². The van der Waals surface area contributed by atoms with E-state index in [0.29, 0.717) is 11.6 Å². The van der Waals surface area contributed by atoms with Crippen molar-refractivity contribution in [2.45, 2.75) is 51.6 Å². The quantitative estimate of drug-likeness (QED) is 0.707. The summed E-state index contributed by atoms with van der Waals surface area (Å²) < 4.78 is 2.16. The fourth-order valence-corrected chi connectivity index (χ4v) is 3.95. The third kappa shape index (κ3) is 3.86. The van der Waals surface area contributed by atoms with Crippen LogP contribution in [0.5, 0.6) is 0 Å². The van der Waals surface area contributed by atoms with Crippen LogP contribution in [0.1, 0.15) is 65.2 Å². The molecule has 0 aliphatic carbocycles. The second-order valence-electron chi connectivity index (χ2n) is 7.63. The summed E-state index contributed by atoms with van der Waals surface area (Å²) >= 11 is 0. The van der Waals surface area contributed by atoms with Crippen LogP contribution in [-0.2, 0) is 19.4 Å². The van der Waals surface area contributed by atoms with E-state index in [-0.39, 0.29) is 11.9 Å². The number of carbonyl (C=O) groups is 1. The van der Waals surface area contributed by atoms with E-state index in [2.05, 4.69) is 46.1 Å². The van der Waals surface area contributed by atoms with Gasteiger partial charge in [-0.2, -0.15) is 0 Å². The Morgan fingerprint density at radius 2 is 1.93 bits per heavy atom. The molecule has 4 nitrogen and oxygen atoms in total. The number of amides is 1. The maximum absolute atomic E-state index is 12.7. The molecule has 2 aromatic carbocycles. The number of carbonyl (C=O) groups excluding carboxylic acids is 1. The predicted octanol–water partition coefficient (Wildman–Crippen LogP) is 4.67. The van der Waals surface area contributed by atoms with Gasteiger partial charge in [-0.1, -0.05) is 61.5 Å². The fraction of sp³-hybridized carbons (Fsp3) is 0.333. The van der Waals surface area contributed by atoms with Gasteiger partial charge in [0.25, 0.3) is 5.91 Å². The van der Waals surface area contributed by atoms with Crippen molar-refractivity contribution in [3.8, 4) is 0 Å². The van der Waals surface area contributed by atoms with E-state index in [1.165, 1.54) is 11.1 Å². The van der Waals surface area contributed by atoms with Crippen LogP contribution in [0.4, 0.5) is 0 Å². The smallest absolute Gasteiger partial charge is 0.271 e. The van der Waals surface area contributed by atoms with E-state index in [1.807, 2.05) is 43.5 Å². The molecule has 1 amide bonds. The van der Waals surface area contributed by atoms with Gasteiger partial charge in [0.15, 0.2) is 0 Å². The Kier molecular flexibility index (Phi) is 5.29. The number of imidazole rings is 1. The van der Waals surface area contributed by atoms with E-state index in [9.17, 15) is 4.79 Å². The molecule has 28 heavy (non-hydrogen) atoms. The van der Waals surface area contributed by atoms with Crippen molar-refractivity contribution in [1.29, 1.82) is 0 Å². The molecule has 1 aliphatic rings. The highest BCUT2D eigenvalue weighted by atomic mass is 16.2. The first kappa shape index (κ1) is 18.5. The van der Waals surface area contributed by atoms with Crippen molar-refractivity contribution in [2.75, 3.05) is 0 Å². The lowest BCUT2D eigenvalue weighted by Crippen LogP contribution is -2.26. The average molecular weight is 374 g/mol. The number of hydrogen-bond donors (Lipinski definition) is 1. The van der Waals surface area contributed by atoms with E-state index in [1.54, 1.807) is 0 Å². The summed E-state index contributed by atoms with van der Waals surface area (Å²) in [6, 6.07) is 18.9. The lowest BCUT2D eigenvalue weighted by molar-refractivity contribution is 0.0935. The molecule has 0 fully saturated rings. The summed E-state index contributed by atoms with van der Waals surface area (Å²) in [7, 11) is 0. The lowest BCUT2D eigenvalue weighted by Gasteiger charge is -2.24.